The van der Waals surface area contributed by atoms with Crippen LogP contribution >= 0.6 is 15.9 Å². The second-order valence-corrected chi connectivity index (χ2v) is 8.47. The molecule has 0 aliphatic rings. The van der Waals surface area contributed by atoms with E-state index in [1.807, 2.05) is 50.2 Å². The Labute approximate surface area is 200 Å². The zero-order chi connectivity index (χ0) is 24.1. The first-order chi connectivity index (χ1) is 15.8. The van der Waals surface area contributed by atoms with Gasteiger partial charge in [-0.15, -0.1) is 0 Å². The number of aromatic nitrogens is 2. The Morgan fingerprint density at radius 1 is 1.21 bits per heavy atom. The summed E-state index contributed by atoms with van der Waals surface area (Å²) in [6.45, 7) is 5.58. The van der Waals surface area contributed by atoms with Crippen molar-refractivity contribution in [1.82, 2.24) is 14.6 Å². The molecule has 0 aliphatic carbocycles. The van der Waals surface area contributed by atoms with E-state index in [9.17, 15) is 14.9 Å². The lowest BCUT2D eigenvalue weighted by molar-refractivity contribution is -0.121. The van der Waals surface area contributed by atoms with Crippen LogP contribution in [0.1, 0.15) is 33.8 Å². The summed E-state index contributed by atoms with van der Waals surface area (Å²) in [6.07, 6.45) is 1.58. The third kappa shape index (κ3) is 5.30. The Kier molecular flexibility index (Phi) is 7.63. The number of nitriles is 1. The summed E-state index contributed by atoms with van der Waals surface area (Å²) >= 11 is 3.45. The topological polar surface area (TPSA) is 101 Å². The van der Waals surface area contributed by atoms with E-state index < -0.39 is 11.5 Å². The number of carbonyl (C=O) groups excluding carboxylic acids is 1. The second kappa shape index (κ2) is 10.4. The minimum absolute atomic E-state index is 0.0286. The Morgan fingerprint density at radius 3 is 2.55 bits per heavy atom. The van der Waals surface area contributed by atoms with Gasteiger partial charge < -0.3 is 13.9 Å². The van der Waals surface area contributed by atoms with Gasteiger partial charge in [-0.2, -0.15) is 10.4 Å². The van der Waals surface area contributed by atoms with Crippen molar-refractivity contribution >= 4 is 28.1 Å². The molecule has 0 saturated heterocycles. The number of carbonyl (C=O) groups is 1. The van der Waals surface area contributed by atoms with Crippen LogP contribution in [0.4, 0.5) is 0 Å². The van der Waals surface area contributed by atoms with Gasteiger partial charge in [-0.05, 0) is 57.2 Å². The molecule has 2 aromatic heterocycles. The molecule has 0 unspecified atom stereocenters. The molecule has 1 aromatic carbocycles. The van der Waals surface area contributed by atoms with Gasteiger partial charge in [-0.1, -0.05) is 15.9 Å². The first kappa shape index (κ1) is 24.2. The smallest absolute Gasteiger partial charge is 0.269 e. The number of pyridine rings is 1. The van der Waals surface area contributed by atoms with Gasteiger partial charge in [0.15, 0.2) is 0 Å². The number of aryl methyl sites for hydroxylation is 2. The van der Waals surface area contributed by atoms with Gasteiger partial charge in [0.25, 0.3) is 11.5 Å². The fraction of sp³-hybridized carbons (Fsp3) is 0.250. The van der Waals surface area contributed by atoms with Gasteiger partial charge in [0.1, 0.15) is 18.2 Å². The lowest BCUT2D eigenvalue weighted by Crippen LogP contribution is -2.33. The second-order valence-electron chi connectivity index (χ2n) is 7.55. The predicted molar refractivity (Wildman–Crippen MR) is 130 cm³/mol. The van der Waals surface area contributed by atoms with Gasteiger partial charge in [-0.3, -0.25) is 9.59 Å². The third-order valence-corrected chi connectivity index (χ3v) is 5.78. The SMILES string of the molecule is COCc1cc(C)n(CC(=O)N/N=C\c2cc(C)n(-c3ccc(Br)cc3)c2C)c(=O)c1C#N. The zero-order valence-electron chi connectivity index (χ0n) is 18.8. The number of hydrazone groups is 1. The van der Waals surface area contributed by atoms with E-state index in [2.05, 4.69) is 31.0 Å². The number of halogens is 1. The molecule has 0 spiro atoms. The Morgan fingerprint density at radius 2 is 1.91 bits per heavy atom. The maximum Gasteiger partial charge on any atom is 0.269 e. The van der Waals surface area contributed by atoms with Crippen LogP contribution in [0.3, 0.4) is 0 Å². The first-order valence-corrected chi connectivity index (χ1v) is 10.9. The van der Waals surface area contributed by atoms with Crippen LogP contribution in [0.15, 0.2) is 50.8 Å². The number of benzene rings is 1. The van der Waals surface area contributed by atoms with Crippen molar-refractivity contribution < 1.29 is 9.53 Å². The molecule has 0 bridgehead atoms. The molecule has 1 N–H and O–H groups in total. The van der Waals surface area contributed by atoms with E-state index >= 15 is 0 Å². The van der Waals surface area contributed by atoms with Crippen molar-refractivity contribution in [2.45, 2.75) is 33.9 Å². The highest BCUT2D eigenvalue weighted by Crippen LogP contribution is 2.21. The van der Waals surface area contributed by atoms with E-state index in [1.165, 1.54) is 11.7 Å². The largest absolute Gasteiger partial charge is 0.380 e. The molecule has 9 heteroatoms. The van der Waals surface area contributed by atoms with Crippen LogP contribution in [0, 0.1) is 32.1 Å². The number of ether oxygens (including phenoxy) is 1. The Balaban J connectivity index is 1.75. The number of amides is 1. The monoisotopic (exact) mass is 509 g/mol. The number of nitrogens with zero attached hydrogens (tertiary/aromatic N) is 4. The van der Waals surface area contributed by atoms with Gasteiger partial charge in [-0.25, -0.2) is 5.43 Å². The third-order valence-electron chi connectivity index (χ3n) is 5.25. The summed E-state index contributed by atoms with van der Waals surface area (Å²) < 4.78 is 9.40. The summed E-state index contributed by atoms with van der Waals surface area (Å²) in [5.41, 5.74) is 6.86. The van der Waals surface area contributed by atoms with Crippen molar-refractivity contribution in [2.24, 2.45) is 5.10 Å². The molecule has 170 valence electrons. The summed E-state index contributed by atoms with van der Waals surface area (Å²) in [5, 5.41) is 13.4. The highest BCUT2D eigenvalue weighted by Gasteiger charge is 2.15. The van der Waals surface area contributed by atoms with Crippen LogP contribution in [0.2, 0.25) is 0 Å². The highest BCUT2D eigenvalue weighted by molar-refractivity contribution is 9.10. The van der Waals surface area contributed by atoms with Gasteiger partial charge in [0.2, 0.25) is 0 Å². The Bertz CT molecular complexity index is 1310. The standard InChI is InChI=1S/C24H24BrN5O3/c1-15-9-19(14-33-4)22(11-26)24(32)29(15)13-23(31)28-27-12-18-10-16(2)30(17(18)3)21-7-5-20(25)6-8-21/h5-10,12H,13-14H2,1-4H3,(H,28,31)/b27-12-. The van der Waals surface area contributed by atoms with Crippen molar-refractivity contribution in [2.75, 3.05) is 7.11 Å². The average molecular weight is 510 g/mol. The van der Waals surface area contributed by atoms with Crippen LogP contribution in [0.5, 0.6) is 0 Å². The lowest BCUT2D eigenvalue weighted by Gasteiger charge is -2.12. The summed E-state index contributed by atoms with van der Waals surface area (Å²) in [4.78, 5) is 25.1. The normalized spacial score (nSPS) is 11.0. The van der Waals surface area contributed by atoms with E-state index in [1.54, 1.807) is 19.2 Å². The number of hydrogen-bond donors (Lipinski definition) is 1. The van der Waals surface area contributed by atoms with Crippen LogP contribution in [0.25, 0.3) is 5.69 Å². The fourth-order valence-corrected chi connectivity index (χ4v) is 3.94. The fourth-order valence-electron chi connectivity index (χ4n) is 3.68. The lowest BCUT2D eigenvalue weighted by atomic mass is 10.1. The van der Waals surface area contributed by atoms with E-state index in [0.717, 1.165) is 27.1 Å². The number of rotatable bonds is 7. The maximum atomic E-state index is 12.6. The van der Waals surface area contributed by atoms with Crippen molar-refractivity contribution in [3.8, 4) is 11.8 Å². The van der Waals surface area contributed by atoms with Crippen molar-refractivity contribution in [1.29, 1.82) is 5.26 Å². The van der Waals surface area contributed by atoms with Gasteiger partial charge in [0.05, 0.1) is 12.8 Å². The Hall–Kier alpha value is -3.48. The molecule has 1 amide bonds. The van der Waals surface area contributed by atoms with Crippen LogP contribution in [-0.4, -0.2) is 28.4 Å². The molecule has 0 atom stereocenters. The minimum atomic E-state index is -0.526. The zero-order valence-corrected chi connectivity index (χ0v) is 20.4. The van der Waals surface area contributed by atoms with E-state index in [0.29, 0.717) is 11.3 Å². The summed E-state index contributed by atoms with van der Waals surface area (Å²) in [5.74, 6) is -0.471. The molecule has 0 fully saturated rings. The van der Waals surface area contributed by atoms with Crippen LogP contribution < -0.4 is 11.0 Å². The number of methoxy groups -OCH3 is 1. The molecule has 2 heterocycles. The number of nitrogens with one attached hydrogen (secondary N) is 1. The summed E-state index contributed by atoms with van der Waals surface area (Å²) in [6, 6.07) is 13.5. The summed E-state index contributed by atoms with van der Waals surface area (Å²) in [7, 11) is 1.49. The van der Waals surface area contributed by atoms with E-state index in [-0.39, 0.29) is 18.7 Å². The quantitative estimate of drug-likeness (QED) is 0.389. The van der Waals surface area contributed by atoms with E-state index in [4.69, 9.17) is 4.74 Å². The van der Waals surface area contributed by atoms with Gasteiger partial charge >= 0.3 is 0 Å². The molecular formula is C24H24BrN5O3. The molecule has 0 radical (unpaired) electrons. The molecule has 0 aliphatic heterocycles. The molecule has 0 saturated carbocycles. The molecule has 33 heavy (non-hydrogen) atoms. The predicted octanol–water partition coefficient (Wildman–Crippen LogP) is 3.50. The average Bonchev–Trinajstić information content (AvgIpc) is 3.05. The highest BCUT2D eigenvalue weighted by atomic mass is 79.9. The minimum Gasteiger partial charge on any atom is -0.380 e. The van der Waals surface area contributed by atoms with Crippen molar-refractivity contribution in [3.05, 3.63) is 85.0 Å². The van der Waals surface area contributed by atoms with Crippen LogP contribution in [-0.2, 0) is 22.7 Å². The van der Waals surface area contributed by atoms with Crippen molar-refractivity contribution in [3.63, 3.8) is 0 Å². The molecular weight excluding hydrogens is 486 g/mol. The molecule has 8 nitrogen and oxygen atoms in total. The molecule has 3 rings (SSSR count). The van der Waals surface area contributed by atoms with Gasteiger partial charge in [0, 0.05) is 45.5 Å². The molecule has 3 aromatic rings. The maximum absolute atomic E-state index is 12.6. The first-order valence-electron chi connectivity index (χ1n) is 10.2. The number of hydrogen-bond acceptors (Lipinski definition) is 5.